The Morgan fingerprint density at radius 3 is 2.19 bits per heavy atom. The van der Waals surface area contributed by atoms with Gasteiger partial charge in [-0.2, -0.15) is 0 Å². The van der Waals surface area contributed by atoms with Crippen LogP contribution in [0.25, 0.3) is 0 Å². The fraction of sp³-hybridized carbons (Fsp3) is 0.235. The van der Waals surface area contributed by atoms with E-state index in [9.17, 15) is 13.2 Å². The molecule has 0 radical (unpaired) electrons. The van der Waals surface area contributed by atoms with Crippen molar-refractivity contribution in [2.24, 2.45) is 0 Å². The smallest absolute Gasteiger partial charge is 0.247 e. The Balaban J connectivity index is 2.42. The zero-order valence-electron chi connectivity index (χ0n) is 14.7. The quantitative estimate of drug-likeness (QED) is 0.704. The number of benzene rings is 2. The molecule has 0 aliphatic heterocycles. The predicted molar refractivity (Wildman–Crippen MR) is 110 cm³/mol. The molecule has 0 saturated carbocycles. The lowest BCUT2D eigenvalue weighted by Crippen LogP contribution is -2.45. The molecule has 10 heteroatoms. The van der Waals surface area contributed by atoms with Crippen molar-refractivity contribution in [3.05, 3.63) is 51.5 Å². The molecule has 27 heavy (non-hydrogen) atoms. The van der Waals surface area contributed by atoms with E-state index in [0.717, 1.165) is 10.6 Å². The van der Waals surface area contributed by atoms with Crippen LogP contribution in [-0.4, -0.2) is 33.7 Å². The lowest BCUT2D eigenvalue weighted by atomic mass is 10.2. The molecule has 2 aromatic carbocycles. The van der Waals surface area contributed by atoms with Crippen molar-refractivity contribution < 1.29 is 17.9 Å². The molecule has 2 rings (SSSR count). The Kier molecular flexibility index (Phi) is 6.86. The van der Waals surface area contributed by atoms with Crippen LogP contribution in [0.4, 0.5) is 11.4 Å². The number of sulfonamides is 1. The van der Waals surface area contributed by atoms with Gasteiger partial charge in [-0.15, -0.1) is 0 Å². The highest BCUT2D eigenvalue weighted by molar-refractivity contribution is 7.92. The Morgan fingerprint density at radius 2 is 1.67 bits per heavy atom. The third-order valence-electron chi connectivity index (χ3n) is 3.60. The number of nitrogens with one attached hydrogen (secondary N) is 1. The average molecular weight is 452 g/mol. The van der Waals surface area contributed by atoms with E-state index in [1.807, 2.05) is 0 Å². The van der Waals surface area contributed by atoms with E-state index in [0.29, 0.717) is 20.8 Å². The molecule has 146 valence electrons. The van der Waals surface area contributed by atoms with E-state index in [2.05, 4.69) is 5.32 Å². The van der Waals surface area contributed by atoms with E-state index in [1.54, 1.807) is 6.07 Å². The van der Waals surface area contributed by atoms with Crippen molar-refractivity contribution in [1.29, 1.82) is 0 Å². The molecule has 0 aliphatic carbocycles. The van der Waals surface area contributed by atoms with Crippen molar-refractivity contribution >= 4 is 62.1 Å². The summed E-state index contributed by atoms with van der Waals surface area (Å²) < 4.78 is 31.0. The average Bonchev–Trinajstić information content (AvgIpc) is 2.52. The maximum atomic E-state index is 12.7. The summed E-state index contributed by atoms with van der Waals surface area (Å²) in [6.45, 7) is 1.45. The molecule has 6 nitrogen and oxygen atoms in total. The van der Waals surface area contributed by atoms with Crippen LogP contribution in [0.1, 0.15) is 6.92 Å². The maximum Gasteiger partial charge on any atom is 0.247 e. The summed E-state index contributed by atoms with van der Waals surface area (Å²) in [6, 6.07) is 7.92. The normalized spacial score (nSPS) is 12.4. The molecular formula is C17H17Cl3N2O4S. The summed E-state index contributed by atoms with van der Waals surface area (Å²) in [6.07, 6.45) is 0.993. The number of methoxy groups -OCH3 is 1. The number of anilines is 2. The van der Waals surface area contributed by atoms with Crippen LogP contribution in [0.3, 0.4) is 0 Å². The van der Waals surface area contributed by atoms with Crippen LogP contribution in [-0.2, 0) is 14.8 Å². The van der Waals surface area contributed by atoms with Crippen molar-refractivity contribution in [1.82, 2.24) is 0 Å². The third kappa shape index (κ3) is 5.42. The first-order valence-electron chi connectivity index (χ1n) is 7.63. The minimum atomic E-state index is -3.84. The number of hydrogen-bond acceptors (Lipinski definition) is 4. The summed E-state index contributed by atoms with van der Waals surface area (Å²) in [4.78, 5) is 12.7. The van der Waals surface area contributed by atoms with Crippen molar-refractivity contribution in [3.8, 4) is 5.75 Å². The molecule has 1 amide bonds. The van der Waals surface area contributed by atoms with Gasteiger partial charge in [0, 0.05) is 20.8 Å². The van der Waals surface area contributed by atoms with Crippen molar-refractivity contribution in [3.63, 3.8) is 0 Å². The number of carbonyl (C=O) groups excluding carboxylic acids is 1. The Hall–Kier alpha value is -1.67. The first-order chi connectivity index (χ1) is 12.5. The number of rotatable bonds is 6. The zero-order valence-corrected chi connectivity index (χ0v) is 17.7. The predicted octanol–water partition coefficient (Wildman–Crippen LogP) is 4.45. The van der Waals surface area contributed by atoms with Gasteiger partial charge in [0.15, 0.2) is 0 Å². The van der Waals surface area contributed by atoms with E-state index in [-0.39, 0.29) is 11.4 Å². The van der Waals surface area contributed by atoms with Gasteiger partial charge in [-0.25, -0.2) is 8.42 Å². The number of nitrogens with zero attached hydrogens (tertiary/aromatic N) is 1. The molecule has 0 spiro atoms. The minimum Gasteiger partial charge on any atom is -0.495 e. The second kappa shape index (κ2) is 8.56. The SMILES string of the molecule is COc1ccc(Cl)cc1N([C@@H](C)C(=O)Nc1cc(Cl)cc(Cl)c1)S(C)(=O)=O. The molecule has 0 aliphatic rings. The largest absolute Gasteiger partial charge is 0.495 e. The highest BCUT2D eigenvalue weighted by Gasteiger charge is 2.31. The lowest BCUT2D eigenvalue weighted by molar-refractivity contribution is -0.116. The molecule has 0 unspecified atom stereocenters. The number of ether oxygens (including phenoxy) is 1. The van der Waals surface area contributed by atoms with Gasteiger partial charge in [0.1, 0.15) is 11.8 Å². The summed E-state index contributed by atoms with van der Waals surface area (Å²) in [5.74, 6) is -0.323. The first kappa shape index (κ1) is 21.6. The number of carbonyl (C=O) groups is 1. The molecule has 0 heterocycles. The summed E-state index contributed by atoms with van der Waals surface area (Å²) in [5.41, 5.74) is 0.495. The molecular weight excluding hydrogens is 435 g/mol. The fourth-order valence-corrected chi connectivity index (χ4v) is 4.35. The van der Waals surface area contributed by atoms with Crippen LogP contribution < -0.4 is 14.4 Å². The molecule has 2 aromatic rings. The van der Waals surface area contributed by atoms with Crippen molar-refractivity contribution in [2.75, 3.05) is 23.0 Å². The second-order valence-corrected chi connectivity index (χ2v) is 8.87. The molecule has 0 aromatic heterocycles. The second-order valence-electron chi connectivity index (χ2n) is 5.70. The van der Waals surface area contributed by atoms with Gasteiger partial charge in [0.25, 0.3) is 0 Å². The zero-order chi connectivity index (χ0) is 20.4. The van der Waals surface area contributed by atoms with E-state index in [1.165, 1.54) is 44.4 Å². The summed E-state index contributed by atoms with van der Waals surface area (Å²) >= 11 is 17.9. The van der Waals surface area contributed by atoms with Gasteiger partial charge in [0.05, 0.1) is 19.1 Å². The summed E-state index contributed by atoms with van der Waals surface area (Å²) in [5, 5.41) is 3.58. The van der Waals surface area contributed by atoms with Crippen LogP contribution in [0.5, 0.6) is 5.75 Å². The van der Waals surface area contributed by atoms with Crippen LogP contribution in [0, 0.1) is 0 Å². The van der Waals surface area contributed by atoms with Crippen LogP contribution in [0.2, 0.25) is 15.1 Å². The minimum absolute atomic E-state index is 0.152. The van der Waals surface area contributed by atoms with Gasteiger partial charge in [-0.3, -0.25) is 9.10 Å². The Morgan fingerprint density at radius 1 is 1.07 bits per heavy atom. The maximum absolute atomic E-state index is 12.7. The Bertz CT molecular complexity index is 946. The van der Waals surface area contributed by atoms with Gasteiger partial charge < -0.3 is 10.1 Å². The van der Waals surface area contributed by atoms with Gasteiger partial charge in [-0.05, 0) is 43.3 Å². The van der Waals surface area contributed by atoms with Gasteiger partial charge in [-0.1, -0.05) is 34.8 Å². The Labute approximate surface area is 173 Å². The molecule has 1 N–H and O–H groups in total. The number of halogens is 3. The van der Waals surface area contributed by atoms with E-state index in [4.69, 9.17) is 39.5 Å². The van der Waals surface area contributed by atoms with Gasteiger partial charge in [0.2, 0.25) is 15.9 Å². The highest BCUT2D eigenvalue weighted by atomic mass is 35.5. The fourth-order valence-electron chi connectivity index (χ4n) is 2.49. The standard InChI is InChI=1S/C17H17Cl3N2O4S/c1-10(17(23)21-14-7-12(19)6-13(20)8-14)22(27(3,24)25)15-9-11(18)4-5-16(15)26-2/h4-10H,1-3H3,(H,21,23)/t10-/m0/s1. The van der Waals surface area contributed by atoms with Gasteiger partial charge >= 0.3 is 0 Å². The van der Waals surface area contributed by atoms with Crippen molar-refractivity contribution in [2.45, 2.75) is 13.0 Å². The summed E-state index contributed by atoms with van der Waals surface area (Å²) in [7, 11) is -2.44. The van der Waals surface area contributed by atoms with E-state index < -0.39 is 22.0 Å². The topological polar surface area (TPSA) is 75.7 Å². The van der Waals surface area contributed by atoms with Crippen LogP contribution >= 0.6 is 34.8 Å². The number of hydrogen-bond donors (Lipinski definition) is 1. The van der Waals surface area contributed by atoms with E-state index >= 15 is 0 Å². The monoisotopic (exact) mass is 450 g/mol. The molecule has 0 saturated heterocycles. The molecule has 1 atom stereocenters. The lowest BCUT2D eigenvalue weighted by Gasteiger charge is -2.29. The number of amides is 1. The van der Waals surface area contributed by atoms with Crippen LogP contribution in [0.15, 0.2) is 36.4 Å². The first-order valence-corrected chi connectivity index (χ1v) is 10.6. The molecule has 0 bridgehead atoms. The third-order valence-corrected chi connectivity index (χ3v) is 5.50. The molecule has 0 fully saturated rings. The highest BCUT2D eigenvalue weighted by Crippen LogP contribution is 2.34.